The molecule has 1 N–H and O–H groups in total. The van der Waals surface area contributed by atoms with Gasteiger partial charge in [-0.1, -0.05) is 23.7 Å². The van der Waals surface area contributed by atoms with Gasteiger partial charge in [0, 0.05) is 19.7 Å². The lowest BCUT2D eigenvalue weighted by molar-refractivity contribution is 0.174. The van der Waals surface area contributed by atoms with Gasteiger partial charge in [0.15, 0.2) is 0 Å². The van der Waals surface area contributed by atoms with E-state index >= 15 is 0 Å². The van der Waals surface area contributed by atoms with Crippen molar-refractivity contribution in [3.8, 4) is 0 Å². The molecule has 0 spiro atoms. The van der Waals surface area contributed by atoms with Crippen LogP contribution in [0.25, 0.3) is 0 Å². The Morgan fingerprint density at radius 1 is 1.53 bits per heavy atom. The minimum absolute atomic E-state index is 0.0579. The summed E-state index contributed by atoms with van der Waals surface area (Å²) >= 11 is 5.82. The summed E-state index contributed by atoms with van der Waals surface area (Å²) in [5, 5.41) is 10.0. The second-order valence-corrected chi connectivity index (χ2v) is 4.27. The van der Waals surface area contributed by atoms with Crippen molar-refractivity contribution in [1.82, 2.24) is 9.55 Å². The smallest absolute Gasteiger partial charge is 0.142 e. The second kappa shape index (κ2) is 4.85. The zero-order valence-corrected chi connectivity index (χ0v) is 10.0. The third-order valence-electron chi connectivity index (χ3n) is 2.51. The summed E-state index contributed by atoms with van der Waals surface area (Å²) < 4.78 is 14.9. The fourth-order valence-corrected chi connectivity index (χ4v) is 1.83. The van der Waals surface area contributed by atoms with Crippen LogP contribution in [0.5, 0.6) is 0 Å². The zero-order chi connectivity index (χ0) is 12.4. The molecule has 1 atom stereocenters. The van der Waals surface area contributed by atoms with E-state index in [1.165, 1.54) is 6.07 Å². The Labute approximate surface area is 103 Å². The topological polar surface area (TPSA) is 38.0 Å². The summed E-state index contributed by atoms with van der Waals surface area (Å²) in [6, 6.07) is 4.55. The van der Waals surface area contributed by atoms with E-state index in [9.17, 15) is 9.50 Å². The molecule has 0 fully saturated rings. The first kappa shape index (κ1) is 12.1. The Morgan fingerprint density at radius 2 is 2.29 bits per heavy atom. The summed E-state index contributed by atoms with van der Waals surface area (Å²) in [5.74, 6) is -0.475. The first-order valence-corrected chi connectivity index (χ1v) is 5.54. The van der Waals surface area contributed by atoms with Gasteiger partial charge < -0.3 is 9.67 Å². The van der Waals surface area contributed by atoms with Crippen LogP contribution >= 0.6 is 11.6 Å². The van der Waals surface area contributed by atoms with Crippen molar-refractivity contribution >= 4 is 11.6 Å². The lowest BCUT2D eigenvalue weighted by Crippen LogP contribution is -2.03. The quantitative estimate of drug-likeness (QED) is 0.914. The number of hydrogen-bond donors (Lipinski definition) is 1. The van der Waals surface area contributed by atoms with Gasteiger partial charge in [0.1, 0.15) is 11.9 Å². The van der Waals surface area contributed by atoms with Crippen molar-refractivity contribution in [1.29, 1.82) is 0 Å². The van der Waals surface area contributed by atoms with Gasteiger partial charge in [-0.05, 0) is 11.6 Å². The Balaban J connectivity index is 2.18. The van der Waals surface area contributed by atoms with E-state index in [-0.39, 0.29) is 11.4 Å². The minimum Gasteiger partial charge on any atom is -0.386 e. The van der Waals surface area contributed by atoms with Gasteiger partial charge in [-0.3, -0.25) is 0 Å². The van der Waals surface area contributed by atoms with Crippen LogP contribution in [0.2, 0.25) is 5.02 Å². The van der Waals surface area contributed by atoms with Crippen LogP contribution in [0.1, 0.15) is 17.4 Å². The normalized spacial score (nSPS) is 12.7. The number of benzene rings is 1. The maximum atomic E-state index is 13.2. The van der Waals surface area contributed by atoms with Crippen LogP contribution in [-0.4, -0.2) is 14.7 Å². The fourth-order valence-electron chi connectivity index (χ4n) is 1.62. The fraction of sp³-hybridized carbons (Fsp3) is 0.250. The van der Waals surface area contributed by atoms with Crippen molar-refractivity contribution < 1.29 is 9.50 Å². The number of aryl methyl sites for hydroxylation is 1. The highest BCUT2D eigenvalue weighted by molar-refractivity contribution is 6.31. The standard InChI is InChI=1S/C12H12ClFN2O/c1-16-6-10(15-7-16)11(17)5-8-3-2-4-9(14)12(8)13/h2-4,6-7,11,17H,5H2,1H3. The molecule has 2 aromatic rings. The maximum Gasteiger partial charge on any atom is 0.142 e. The van der Waals surface area contributed by atoms with E-state index < -0.39 is 11.9 Å². The Morgan fingerprint density at radius 3 is 2.94 bits per heavy atom. The van der Waals surface area contributed by atoms with Gasteiger partial charge in [-0.2, -0.15) is 0 Å². The molecule has 90 valence electrons. The van der Waals surface area contributed by atoms with E-state index in [1.807, 2.05) is 7.05 Å². The van der Waals surface area contributed by atoms with Crippen LogP contribution in [0.4, 0.5) is 4.39 Å². The molecule has 1 unspecified atom stereocenters. The molecule has 0 amide bonds. The summed E-state index contributed by atoms with van der Waals surface area (Å²) in [6.07, 6.45) is 2.78. The molecule has 1 heterocycles. The number of nitrogens with zero attached hydrogens (tertiary/aromatic N) is 2. The lowest BCUT2D eigenvalue weighted by Gasteiger charge is -2.09. The molecule has 0 aliphatic carbocycles. The van der Waals surface area contributed by atoms with E-state index in [2.05, 4.69) is 4.98 Å². The molecule has 1 aromatic carbocycles. The van der Waals surface area contributed by atoms with E-state index in [4.69, 9.17) is 11.6 Å². The van der Waals surface area contributed by atoms with E-state index in [0.717, 1.165) is 0 Å². The molecule has 0 saturated heterocycles. The Hall–Kier alpha value is -1.39. The van der Waals surface area contributed by atoms with Gasteiger partial charge in [-0.25, -0.2) is 9.37 Å². The van der Waals surface area contributed by atoms with E-state index in [0.29, 0.717) is 11.3 Å². The van der Waals surface area contributed by atoms with Crippen molar-refractivity contribution in [2.75, 3.05) is 0 Å². The molecule has 0 aliphatic heterocycles. The van der Waals surface area contributed by atoms with Gasteiger partial charge in [0.25, 0.3) is 0 Å². The average molecular weight is 255 g/mol. The molecule has 17 heavy (non-hydrogen) atoms. The molecule has 1 aromatic heterocycles. The van der Waals surface area contributed by atoms with Crippen molar-refractivity contribution in [2.24, 2.45) is 7.05 Å². The summed E-state index contributed by atoms with van der Waals surface area (Å²) in [6.45, 7) is 0. The summed E-state index contributed by atoms with van der Waals surface area (Å²) in [5.41, 5.74) is 1.12. The number of hydrogen-bond acceptors (Lipinski definition) is 2. The molecule has 0 saturated carbocycles. The molecular formula is C12H12ClFN2O. The molecule has 3 nitrogen and oxygen atoms in total. The summed E-state index contributed by atoms with van der Waals surface area (Å²) in [4.78, 5) is 4.04. The van der Waals surface area contributed by atoms with Crippen molar-refractivity contribution in [2.45, 2.75) is 12.5 Å². The Bertz CT molecular complexity index is 527. The molecule has 2 rings (SSSR count). The Kier molecular flexibility index (Phi) is 3.45. The van der Waals surface area contributed by atoms with Crippen molar-refractivity contribution in [3.05, 3.63) is 52.8 Å². The number of aromatic nitrogens is 2. The lowest BCUT2D eigenvalue weighted by atomic mass is 10.1. The van der Waals surface area contributed by atoms with Crippen LogP contribution in [-0.2, 0) is 13.5 Å². The molecular weight excluding hydrogens is 243 g/mol. The van der Waals surface area contributed by atoms with Crippen LogP contribution in [0.3, 0.4) is 0 Å². The highest BCUT2D eigenvalue weighted by Gasteiger charge is 2.14. The van der Waals surface area contributed by atoms with Crippen LogP contribution in [0, 0.1) is 5.82 Å². The SMILES string of the molecule is Cn1cnc(C(O)Cc2cccc(F)c2Cl)c1. The number of aliphatic hydroxyl groups is 1. The second-order valence-electron chi connectivity index (χ2n) is 3.90. The van der Waals surface area contributed by atoms with E-state index in [1.54, 1.807) is 29.2 Å². The third kappa shape index (κ3) is 2.65. The maximum absolute atomic E-state index is 13.2. The average Bonchev–Trinajstić information content (AvgIpc) is 2.72. The third-order valence-corrected chi connectivity index (χ3v) is 2.93. The molecule has 0 aliphatic rings. The highest BCUT2D eigenvalue weighted by Crippen LogP contribution is 2.24. The minimum atomic E-state index is -0.782. The summed E-state index contributed by atoms with van der Waals surface area (Å²) in [7, 11) is 1.82. The highest BCUT2D eigenvalue weighted by atomic mass is 35.5. The molecule has 0 radical (unpaired) electrons. The largest absolute Gasteiger partial charge is 0.386 e. The van der Waals surface area contributed by atoms with Crippen LogP contribution < -0.4 is 0 Å². The number of aliphatic hydroxyl groups excluding tert-OH is 1. The van der Waals surface area contributed by atoms with Gasteiger partial charge in [-0.15, -0.1) is 0 Å². The van der Waals surface area contributed by atoms with Gasteiger partial charge >= 0.3 is 0 Å². The number of imidazole rings is 1. The molecule has 5 heteroatoms. The predicted octanol–water partition coefficient (Wildman–Crippen LogP) is 2.49. The van der Waals surface area contributed by atoms with Gasteiger partial charge in [0.2, 0.25) is 0 Å². The van der Waals surface area contributed by atoms with Gasteiger partial charge in [0.05, 0.1) is 17.0 Å². The first-order valence-electron chi connectivity index (χ1n) is 5.16. The zero-order valence-electron chi connectivity index (χ0n) is 9.27. The molecule has 0 bridgehead atoms. The van der Waals surface area contributed by atoms with Crippen LogP contribution in [0.15, 0.2) is 30.7 Å². The number of halogens is 2. The first-order chi connectivity index (χ1) is 8.08. The van der Waals surface area contributed by atoms with Crippen molar-refractivity contribution in [3.63, 3.8) is 0 Å². The monoisotopic (exact) mass is 254 g/mol. The predicted molar refractivity (Wildman–Crippen MR) is 63.3 cm³/mol. The number of rotatable bonds is 3.